The van der Waals surface area contributed by atoms with Gasteiger partial charge in [0.15, 0.2) is 29.7 Å². The Morgan fingerprint density at radius 1 is 1.08 bits per heavy atom. The SMILES string of the molecule is Br.CCOc1cc2c(c(F)c1OCC)C(=N)N(CC(=O)c1ccc(OCC(N)=O)c(C(C)(C)C)c1)C2. The van der Waals surface area contributed by atoms with Gasteiger partial charge in [-0.2, -0.15) is 0 Å². The third kappa shape index (κ3) is 6.16. The highest BCUT2D eigenvalue weighted by Crippen LogP contribution is 2.39. The lowest BCUT2D eigenvalue weighted by Crippen LogP contribution is -2.30. The number of benzene rings is 2. The van der Waals surface area contributed by atoms with Crippen LogP contribution >= 0.6 is 17.0 Å². The zero-order valence-corrected chi connectivity index (χ0v) is 22.9. The van der Waals surface area contributed by atoms with Crippen LogP contribution in [0.4, 0.5) is 4.39 Å². The fourth-order valence-corrected chi connectivity index (χ4v) is 3.99. The molecule has 36 heavy (non-hydrogen) atoms. The van der Waals surface area contributed by atoms with E-state index >= 15 is 4.39 Å². The summed E-state index contributed by atoms with van der Waals surface area (Å²) in [5.41, 5.74) is 6.69. The van der Waals surface area contributed by atoms with E-state index < -0.39 is 11.7 Å². The summed E-state index contributed by atoms with van der Waals surface area (Å²) >= 11 is 0. The molecule has 1 heterocycles. The summed E-state index contributed by atoms with van der Waals surface area (Å²) in [6.45, 7) is 9.87. The number of nitrogens with two attached hydrogens (primary N) is 1. The third-order valence-corrected chi connectivity index (χ3v) is 5.59. The summed E-state index contributed by atoms with van der Waals surface area (Å²) in [5.74, 6) is -0.816. The number of rotatable bonds is 10. The van der Waals surface area contributed by atoms with Gasteiger partial charge in [0, 0.05) is 17.7 Å². The molecule has 0 saturated heterocycles. The van der Waals surface area contributed by atoms with Crippen LogP contribution in [0.5, 0.6) is 17.2 Å². The van der Waals surface area contributed by atoms with E-state index in [1.807, 2.05) is 20.8 Å². The highest BCUT2D eigenvalue weighted by molar-refractivity contribution is 8.93. The fraction of sp³-hybridized carbons (Fsp3) is 0.423. The van der Waals surface area contributed by atoms with Crippen molar-refractivity contribution >= 4 is 34.5 Å². The second kappa shape index (κ2) is 11.7. The number of ketones is 1. The van der Waals surface area contributed by atoms with Gasteiger partial charge in [-0.3, -0.25) is 15.0 Å². The van der Waals surface area contributed by atoms with Gasteiger partial charge in [-0.25, -0.2) is 4.39 Å². The standard InChI is InChI=1S/C26H32FN3O5.BrH/c1-6-33-20-11-16-12-30(25(29)22(16)23(27)24(20)34-7-2)13-18(31)15-8-9-19(35-14-21(28)32)17(10-15)26(3,4)5;/h8-11,29H,6-7,12-14H2,1-5H3,(H2,28,32);1H. The molecule has 1 amide bonds. The molecule has 0 saturated carbocycles. The maximum atomic E-state index is 15.3. The third-order valence-electron chi connectivity index (χ3n) is 5.59. The number of nitrogens with zero attached hydrogens (tertiary/aromatic N) is 1. The predicted octanol–water partition coefficient (Wildman–Crippen LogP) is 4.39. The second-order valence-corrected chi connectivity index (χ2v) is 9.26. The number of ether oxygens (including phenoxy) is 3. The van der Waals surface area contributed by atoms with Crippen LogP contribution < -0.4 is 19.9 Å². The normalized spacial score (nSPS) is 12.6. The minimum atomic E-state index is -0.654. The number of amidine groups is 1. The first kappa shape index (κ1) is 29.1. The maximum Gasteiger partial charge on any atom is 0.255 e. The average Bonchev–Trinajstić information content (AvgIpc) is 3.09. The number of halogens is 2. The summed E-state index contributed by atoms with van der Waals surface area (Å²) in [6.07, 6.45) is 0. The number of nitrogens with one attached hydrogen (secondary N) is 1. The van der Waals surface area contributed by atoms with Crippen LogP contribution in [0.1, 0.15) is 61.7 Å². The monoisotopic (exact) mass is 565 g/mol. The Bertz CT molecular complexity index is 1160. The van der Waals surface area contributed by atoms with Crippen LogP contribution in [-0.2, 0) is 16.8 Å². The lowest BCUT2D eigenvalue weighted by Gasteiger charge is -2.24. The molecule has 0 radical (unpaired) electrons. The molecule has 0 aromatic heterocycles. The highest BCUT2D eigenvalue weighted by Gasteiger charge is 2.33. The summed E-state index contributed by atoms with van der Waals surface area (Å²) in [7, 11) is 0. The van der Waals surface area contributed by atoms with E-state index in [-0.39, 0.29) is 77.4 Å². The van der Waals surface area contributed by atoms with E-state index in [4.69, 9.17) is 25.4 Å². The lowest BCUT2D eigenvalue weighted by atomic mass is 9.85. The molecule has 196 valence electrons. The minimum Gasteiger partial charge on any atom is -0.490 e. The van der Waals surface area contributed by atoms with Gasteiger partial charge in [0.05, 0.1) is 25.3 Å². The van der Waals surface area contributed by atoms with Crippen molar-refractivity contribution in [3.05, 3.63) is 52.3 Å². The zero-order chi connectivity index (χ0) is 25.9. The zero-order valence-electron chi connectivity index (χ0n) is 21.2. The van der Waals surface area contributed by atoms with Crippen molar-refractivity contribution in [3.63, 3.8) is 0 Å². The first-order chi connectivity index (χ1) is 16.5. The second-order valence-electron chi connectivity index (χ2n) is 9.26. The summed E-state index contributed by atoms with van der Waals surface area (Å²) in [4.78, 5) is 25.8. The van der Waals surface area contributed by atoms with Crippen LogP contribution in [0.25, 0.3) is 0 Å². The number of carbonyl (C=O) groups is 2. The number of carbonyl (C=O) groups excluding carboxylic acids is 2. The van der Waals surface area contributed by atoms with E-state index in [0.29, 0.717) is 23.5 Å². The Balaban J connectivity index is 0.00000456. The van der Waals surface area contributed by atoms with Crippen LogP contribution in [0.3, 0.4) is 0 Å². The molecular formula is C26H33BrFN3O5. The summed E-state index contributed by atoms with van der Waals surface area (Å²) in [5, 5.41) is 8.53. The molecule has 0 fully saturated rings. The van der Waals surface area contributed by atoms with Gasteiger partial charge in [0.25, 0.3) is 5.91 Å². The molecule has 1 aliphatic rings. The fourth-order valence-electron chi connectivity index (χ4n) is 3.99. The van der Waals surface area contributed by atoms with Gasteiger partial charge < -0.3 is 24.8 Å². The number of fused-ring (bicyclic) bond motifs is 1. The smallest absolute Gasteiger partial charge is 0.255 e. The van der Waals surface area contributed by atoms with Crippen LogP contribution in [0, 0.1) is 11.2 Å². The van der Waals surface area contributed by atoms with Crippen molar-refractivity contribution in [2.75, 3.05) is 26.4 Å². The molecular weight excluding hydrogens is 533 g/mol. The van der Waals surface area contributed by atoms with Gasteiger partial charge in [-0.15, -0.1) is 17.0 Å². The van der Waals surface area contributed by atoms with E-state index in [1.165, 1.54) is 4.90 Å². The van der Waals surface area contributed by atoms with Gasteiger partial charge in [0.1, 0.15) is 11.6 Å². The molecule has 3 rings (SSSR count). The number of primary amides is 1. The molecule has 0 unspecified atom stereocenters. The van der Waals surface area contributed by atoms with E-state index in [9.17, 15) is 9.59 Å². The Labute approximate surface area is 221 Å². The maximum absolute atomic E-state index is 15.3. The van der Waals surface area contributed by atoms with Crippen LogP contribution in [0.15, 0.2) is 24.3 Å². The van der Waals surface area contributed by atoms with Gasteiger partial charge in [-0.05, 0) is 49.1 Å². The Morgan fingerprint density at radius 2 is 1.75 bits per heavy atom. The van der Waals surface area contributed by atoms with Crippen molar-refractivity contribution in [3.8, 4) is 17.2 Å². The molecule has 3 N–H and O–H groups in total. The molecule has 0 spiro atoms. The predicted molar refractivity (Wildman–Crippen MR) is 140 cm³/mol. The van der Waals surface area contributed by atoms with Crippen LogP contribution in [0.2, 0.25) is 0 Å². The van der Waals surface area contributed by atoms with Crippen molar-refractivity contribution in [1.29, 1.82) is 5.41 Å². The van der Waals surface area contributed by atoms with E-state index in [1.54, 1.807) is 38.1 Å². The largest absolute Gasteiger partial charge is 0.490 e. The highest BCUT2D eigenvalue weighted by atomic mass is 79.9. The number of Topliss-reactive ketones (excluding diaryl/α,β-unsaturated/α-hetero) is 1. The van der Waals surface area contributed by atoms with Gasteiger partial charge >= 0.3 is 0 Å². The average molecular weight is 566 g/mol. The molecule has 0 atom stereocenters. The molecule has 2 aromatic rings. The Morgan fingerprint density at radius 3 is 2.33 bits per heavy atom. The molecule has 8 nitrogen and oxygen atoms in total. The Kier molecular flexibility index (Phi) is 9.48. The molecule has 0 aliphatic carbocycles. The molecule has 1 aliphatic heterocycles. The number of amides is 1. The van der Waals surface area contributed by atoms with Crippen LogP contribution in [-0.4, -0.2) is 48.8 Å². The van der Waals surface area contributed by atoms with E-state index in [2.05, 4.69) is 0 Å². The van der Waals surface area contributed by atoms with Crippen molar-refractivity contribution in [2.45, 2.75) is 46.6 Å². The van der Waals surface area contributed by atoms with Crippen molar-refractivity contribution < 1.29 is 28.2 Å². The van der Waals surface area contributed by atoms with Crippen molar-refractivity contribution in [2.24, 2.45) is 5.73 Å². The lowest BCUT2D eigenvalue weighted by molar-refractivity contribution is -0.119. The summed E-state index contributed by atoms with van der Waals surface area (Å²) in [6, 6.07) is 6.66. The van der Waals surface area contributed by atoms with E-state index in [0.717, 1.165) is 5.56 Å². The summed E-state index contributed by atoms with van der Waals surface area (Å²) < 4.78 is 31.8. The molecule has 10 heteroatoms. The number of hydrogen-bond acceptors (Lipinski definition) is 6. The topological polar surface area (TPSA) is 115 Å². The van der Waals surface area contributed by atoms with Gasteiger partial charge in [-0.1, -0.05) is 20.8 Å². The number of hydrogen-bond donors (Lipinski definition) is 2. The molecule has 0 bridgehead atoms. The first-order valence-electron chi connectivity index (χ1n) is 11.5. The first-order valence-corrected chi connectivity index (χ1v) is 11.5. The molecule has 2 aromatic carbocycles. The van der Waals surface area contributed by atoms with Crippen molar-refractivity contribution in [1.82, 2.24) is 4.90 Å². The Hall–Kier alpha value is -3.14. The van der Waals surface area contributed by atoms with Gasteiger partial charge in [0.2, 0.25) is 0 Å². The minimum absolute atomic E-state index is 0. The quantitative estimate of drug-likeness (QED) is 0.413.